The van der Waals surface area contributed by atoms with Gasteiger partial charge in [0.15, 0.2) is 16.7 Å². The highest BCUT2D eigenvalue weighted by atomic mass is 79.9. The molecule has 0 fully saturated rings. The van der Waals surface area contributed by atoms with Crippen molar-refractivity contribution in [2.24, 2.45) is 0 Å². The maximum atomic E-state index is 13.4. The second-order valence-electron chi connectivity index (χ2n) is 3.16. The lowest BCUT2D eigenvalue weighted by Crippen LogP contribution is -1.99. The lowest BCUT2D eigenvalue weighted by Gasteiger charge is -2.07. The van der Waals surface area contributed by atoms with Crippen LogP contribution in [0.5, 0.6) is 5.75 Å². The molecule has 7 heteroatoms. The van der Waals surface area contributed by atoms with E-state index in [2.05, 4.69) is 20.9 Å². The number of benzene rings is 1. The van der Waals surface area contributed by atoms with E-state index < -0.39 is 11.6 Å². The molecule has 0 saturated carbocycles. The second kappa shape index (κ2) is 4.97. The average molecular weight is 321 g/mol. The first-order valence-electron chi connectivity index (χ1n) is 4.53. The molecule has 1 aromatic heterocycles. The van der Waals surface area contributed by atoms with Crippen LogP contribution in [0.4, 0.5) is 13.9 Å². The number of nitrogens with two attached hydrogens (primary N) is 1. The van der Waals surface area contributed by atoms with Crippen LogP contribution in [0.1, 0.15) is 5.69 Å². The van der Waals surface area contributed by atoms with E-state index in [4.69, 9.17) is 10.5 Å². The second-order valence-corrected chi connectivity index (χ2v) is 4.91. The normalized spacial score (nSPS) is 10.5. The SMILES string of the molecule is Nc1nc(COc2c(F)cc(F)cc2Br)cs1. The van der Waals surface area contributed by atoms with Gasteiger partial charge in [0.05, 0.1) is 10.2 Å². The molecular formula is C10H7BrF2N2OS. The van der Waals surface area contributed by atoms with Crippen molar-refractivity contribution in [2.45, 2.75) is 6.61 Å². The minimum Gasteiger partial charge on any atom is -0.483 e. The monoisotopic (exact) mass is 320 g/mol. The van der Waals surface area contributed by atoms with Gasteiger partial charge in [0.1, 0.15) is 12.4 Å². The number of aromatic nitrogens is 1. The highest BCUT2D eigenvalue weighted by Gasteiger charge is 2.11. The van der Waals surface area contributed by atoms with E-state index in [1.165, 1.54) is 11.3 Å². The number of anilines is 1. The van der Waals surface area contributed by atoms with Gasteiger partial charge >= 0.3 is 0 Å². The summed E-state index contributed by atoms with van der Waals surface area (Å²) in [5.41, 5.74) is 6.05. The molecule has 90 valence electrons. The molecular weight excluding hydrogens is 314 g/mol. The molecule has 0 aliphatic heterocycles. The zero-order valence-electron chi connectivity index (χ0n) is 8.41. The Hall–Kier alpha value is -1.21. The molecule has 0 aliphatic rings. The topological polar surface area (TPSA) is 48.1 Å². The van der Waals surface area contributed by atoms with E-state index in [1.54, 1.807) is 5.38 Å². The van der Waals surface area contributed by atoms with Gasteiger partial charge in [-0.25, -0.2) is 13.8 Å². The first-order valence-corrected chi connectivity index (χ1v) is 6.21. The number of ether oxygens (including phenoxy) is 1. The molecule has 0 spiro atoms. The van der Waals surface area contributed by atoms with Crippen molar-refractivity contribution in [2.75, 3.05) is 5.73 Å². The summed E-state index contributed by atoms with van der Waals surface area (Å²) in [5, 5.41) is 2.13. The van der Waals surface area contributed by atoms with Crippen molar-refractivity contribution in [1.29, 1.82) is 0 Å². The third-order valence-electron chi connectivity index (χ3n) is 1.90. The van der Waals surface area contributed by atoms with E-state index in [9.17, 15) is 8.78 Å². The number of thiazole rings is 1. The lowest BCUT2D eigenvalue weighted by molar-refractivity contribution is 0.283. The fourth-order valence-corrected chi connectivity index (χ4v) is 2.27. The summed E-state index contributed by atoms with van der Waals surface area (Å²) >= 11 is 4.30. The third-order valence-corrected chi connectivity index (χ3v) is 3.21. The van der Waals surface area contributed by atoms with E-state index in [-0.39, 0.29) is 16.8 Å². The Morgan fingerprint density at radius 1 is 1.41 bits per heavy atom. The maximum Gasteiger partial charge on any atom is 0.180 e. The molecule has 0 radical (unpaired) electrons. The number of halogens is 3. The summed E-state index contributed by atoms with van der Waals surface area (Å²) in [7, 11) is 0. The van der Waals surface area contributed by atoms with Gasteiger partial charge in [0, 0.05) is 11.4 Å². The summed E-state index contributed by atoms with van der Waals surface area (Å²) < 4.78 is 31.6. The predicted molar refractivity (Wildman–Crippen MR) is 64.9 cm³/mol. The predicted octanol–water partition coefficient (Wildman–Crippen LogP) is 3.35. The van der Waals surface area contributed by atoms with Crippen LogP contribution in [0.2, 0.25) is 0 Å². The van der Waals surface area contributed by atoms with E-state index in [0.29, 0.717) is 10.8 Å². The first kappa shape index (κ1) is 12.3. The van der Waals surface area contributed by atoms with Crippen LogP contribution in [-0.4, -0.2) is 4.98 Å². The zero-order valence-corrected chi connectivity index (χ0v) is 10.8. The van der Waals surface area contributed by atoms with Crippen LogP contribution < -0.4 is 10.5 Å². The molecule has 0 atom stereocenters. The molecule has 0 amide bonds. The Labute approximate surface area is 108 Å². The van der Waals surface area contributed by atoms with E-state index >= 15 is 0 Å². The number of hydrogen-bond acceptors (Lipinski definition) is 4. The van der Waals surface area contributed by atoms with Crippen molar-refractivity contribution in [1.82, 2.24) is 4.98 Å². The Bertz CT molecular complexity index is 524. The Kier molecular flexibility index (Phi) is 3.58. The van der Waals surface area contributed by atoms with Crippen LogP contribution in [0.25, 0.3) is 0 Å². The quantitative estimate of drug-likeness (QED) is 0.943. The number of nitrogen functional groups attached to an aromatic ring is 1. The average Bonchev–Trinajstić information content (AvgIpc) is 2.62. The Morgan fingerprint density at radius 2 is 2.18 bits per heavy atom. The van der Waals surface area contributed by atoms with Crippen LogP contribution in [0.15, 0.2) is 22.0 Å². The molecule has 2 N–H and O–H groups in total. The van der Waals surface area contributed by atoms with Gasteiger partial charge in [0.25, 0.3) is 0 Å². The summed E-state index contributed by atoms with van der Waals surface area (Å²) in [6.45, 7) is 0.0782. The van der Waals surface area contributed by atoms with Crippen LogP contribution in [0, 0.1) is 11.6 Å². The minimum atomic E-state index is -0.764. The smallest absolute Gasteiger partial charge is 0.180 e. The van der Waals surface area contributed by atoms with Crippen molar-refractivity contribution >= 4 is 32.4 Å². The van der Waals surface area contributed by atoms with E-state index in [0.717, 1.165) is 12.1 Å². The summed E-state index contributed by atoms with van der Waals surface area (Å²) in [5.74, 6) is -1.47. The number of rotatable bonds is 3. The van der Waals surface area contributed by atoms with Gasteiger partial charge in [-0.3, -0.25) is 0 Å². The number of hydrogen-bond donors (Lipinski definition) is 1. The number of nitrogens with zero attached hydrogens (tertiary/aromatic N) is 1. The molecule has 1 aromatic carbocycles. The fourth-order valence-electron chi connectivity index (χ4n) is 1.20. The van der Waals surface area contributed by atoms with Crippen molar-refractivity contribution in [3.63, 3.8) is 0 Å². The fraction of sp³-hybridized carbons (Fsp3) is 0.100. The molecule has 0 saturated heterocycles. The zero-order chi connectivity index (χ0) is 12.4. The molecule has 2 rings (SSSR count). The molecule has 0 aliphatic carbocycles. The van der Waals surface area contributed by atoms with Crippen molar-refractivity contribution in [3.05, 3.63) is 39.3 Å². The summed E-state index contributed by atoms with van der Waals surface area (Å²) in [6, 6.07) is 1.89. The van der Waals surface area contributed by atoms with E-state index in [1.807, 2.05) is 0 Å². The van der Waals surface area contributed by atoms with Crippen molar-refractivity contribution in [3.8, 4) is 5.75 Å². The van der Waals surface area contributed by atoms with Gasteiger partial charge in [-0.2, -0.15) is 0 Å². The molecule has 0 unspecified atom stereocenters. The largest absolute Gasteiger partial charge is 0.483 e. The van der Waals surface area contributed by atoms with Gasteiger partial charge in [0.2, 0.25) is 0 Å². The molecule has 2 aromatic rings. The highest BCUT2D eigenvalue weighted by molar-refractivity contribution is 9.10. The third kappa shape index (κ3) is 2.92. The van der Waals surface area contributed by atoms with Crippen LogP contribution in [-0.2, 0) is 6.61 Å². The summed E-state index contributed by atoms with van der Waals surface area (Å²) in [4.78, 5) is 3.96. The van der Waals surface area contributed by atoms with Gasteiger partial charge in [-0.1, -0.05) is 0 Å². The van der Waals surface area contributed by atoms with Gasteiger partial charge in [-0.05, 0) is 22.0 Å². The van der Waals surface area contributed by atoms with Crippen molar-refractivity contribution < 1.29 is 13.5 Å². The summed E-state index contributed by atoms with van der Waals surface area (Å²) in [6.07, 6.45) is 0. The molecule has 1 heterocycles. The van der Waals surface area contributed by atoms with Gasteiger partial charge < -0.3 is 10.5 Å². The first-order chi connectivity index (χ1) is 8.06. The standard InChI is InChI=1S/C10H7BrF2N2OS/c11-7-1-5(12)2-8(13)9(7)16-3-6-4-17-10(14)15-6/h1-2,4H,3H2,(H2,14,15). The minimum absolute atomic E-state index is 0.0435. The Balaban J connectivity index is 2.14. The maximum absolute atomic E-state index is 13.4. The molecule has 17 heavy (non-hydrogen) atoms. The van der Waals surface area contributed by atoms with Gasteiger partial charge in [-0.15, -0.1) is 11.3 Å². The lowest BCUT2D eigenvalue weighted by atomic mass is 10.3. The Morgan fingerprint density at radius 3 is 2.76 bits per heavy atom. The molecule has 3 nitrogen and oxygen atoms in total. The molecule has 0 bridgehead atoms. The van der Waals surface area contributed by atoms with Crippen LogP contribution in [0.3, 0.4) is 0 Å². The highest BCUT2D eigenvalue weighted by Crippen LogP contribution is 2.30. The van der Waals surface area contributed by atoms with Crippen LogP contribution >= 0.6 is 27.3 Å².